The lowest BCUT2D eigenvalue weighted by Gasteiger charge is -2.20. The summed E-state index contributed by atoms with van der Waals surface area (Å²) in [7, 11) is 0. The van der Waals surface area contributed by atoms with Crippen molar-refractivity contribution in [3.8, 4) is 0 Å². The molecule has 4 fully saturated rings. The molecule has 0 aromatic carbocycles. The normalized spacial score (nSPS) is 37.4. The predicted molar refractivity (Wildman–Crippen MR) is 179 cm³/mol. The van der Waals surface area contributed by atoms with Crippen LogP contribution in [0.1, 0.15) is 110 Å². The molecule has 0 aromatic heterocycles. The van der Waals surface area contributed by atoms with E-state index in [1.165, 1.54) is 0 Å². The van der Waals surface area contributed by atoms with E-state index in [9.17, 15) is 19.2 Å². The summed E-state index contributed by atoms with van der Waals surface area (Å²) in [5.74, 6) is -1.23. The van der Waals surface area contributed by atoms with Crippen molar-refractivity contribution in [2.45, 2.75) is 146 Å². The van der Waals surface area contributed by atoms with Crippen molar-refractivity contribution in [3.05, 3.63) is 47.6 Å². The molecule has 0 spiro atoms. The number of unbranched alkanes of at least 4 members (excludes halogenated alkanes) is 4. The van der Waals surface area contributed by atoms with Gasteiger partial charge < -0.3 is 28.4 Å². The van der Waals surface area contributed by atoms with Gasteiger partial charge >= 0.3 is 23.9 Å². The van der Waals surface area contributed by atoms with E-state index < -0.39 is 0 Å². The van der Waals surface area contributed by atoms with Gasteiger partial charge in [-0.3, -0.25) is 9.59 Å². The average molecular weight is 681 g/mol. The molecule has 0 bridgehead atoms. The second-order valence-corrected chi connectivity index (χ2v) is 15.2. The number of carbonyl (C=O) groups excluding carboxylic acids is 4. The summed E-state index contributed by atoms with van der Waals surface area (Å²) in [6, 6.07) is 0. The van der Waals surface area contributed by atoms with Gasteiger partial charge in [-0.15, -0.1) is 0 Å². The Morgan fingerprint density at radius 2 is 1.12 bits per heavy atom. The van der Waals surface area contributed by atoms with E-state index in [2.05, 4.69) is 39.2 Å². The largest absolute Gasteiger partial charge is 0.461 e. The van der Waals surface area contributed by atoms with Gasteiger partial charge in [0.05, 0.1) is 11.2 Å². The number of carbonyl (C=O) groups is 4. The molecule has 6 rings (SSSR count). The van der Waals surface area contributed by atoms with Crippen molar-refractivity contribution in [3.63, 3.8) is 0 Å². The van der Waals surface area contributed by atoms with Gasteiger partial charge in [-0.2, -0.15) is 0 Å². The Bertz CT molecular complexity index is 1310. The summed E-state index contributed by atoms with van der Waals surface area (Å²) < 4.78 is 34.4. The third-order valence-electron chi connectivity index (χ3n) is 11.5. The highest BCUT2D eigenvalue weighted by Gasteiger charge is 2.62. The summed E-state index contributed by atoms with van der Waals surface area (Å²) in [6.07, 6.45) is 14.7. The van der Waals surface area contributed by atoms with Gasteiger partial charge in [0.2, 0.25) is 0 Å². The number of rotatable bonds is 12. The molecule has 4 heterocycles. The van der Waals surface area contributed by atoms with Crippen molar-refractivity contribution in [2.75, 3.05) is 13.2 Å². The molecule has 4 saturated heterocycles. The second kappa shape index (κ2) is 14.9. The maximum absolute atomic E-state index is 12.5. The minimum atomic E-state index is -0.332. The maximum atomic E-state index is 12.5. The van der Waals surface area contributed by atoms with Crippen LogP contribution in [0.5, 0.6) is 0 Å². The van der Waals surface area contributed by atoms with Crippen LogP contribution >= 0.6 is 0 Å². The van der Waals surface area contributed by atoms with E-state index in [4.69, 9.17) is 28.4 Å². The van der Waals surface area contributed by atoms with E-state index in [1.807, 2.05) is 0 Å². The lowest BCUT2D eigenvalue weighted by atomic mass is 9.84. The molecular formula is C39H52O10. The van der Waals surface area contributed by atoms with Crippen LogP contribution in [0.25, 0.3) is 0 Å². The first-order valence-corrected chi connectivity index (χ1v) is 18.3. The molecule has 8 atom stereocenters. The highest BCUT2D eigenvalue weighted by molar-refractivity contribution is 5.91. The van der Waals surface area contributed by atoms with Gasteiger partial charge in [0, 0.05) is 35.8 Å². The van der Waals surface area contributed by atoms with E-state index in [0.29, 0.717) is 36.8 Å². The lowest BCUT2D eigenvalue weighted by molar-refractivity contribution is -0.143. The third kappa shape index (κ3) is 8.39. The average Bonchev–Trinajstić information content (AvgIpc) is 3.88. The number of hydrogen-bond acceptors (Lipinski definition) is 10. The molecule has 0 saturated carbocycles. The fourth-order valence-corrected chi connectivity index (χ4v) is 8.06. The Labute approximate surface area is 289 Å². The Hall–Kier alpha value is -3.24. The van der Waals surface area contributed by atoms with Crippen LogP contribution in [0.3, 0.4) is 0 Å². The smallest absolute Gasteiger partial charge is 0.334 e. The molecule has 0 unspecified atom stereocenters. The maximum Gasteiger partial charge on any atom is 0.334 e. The number of epoxide rings is 2. The van der Waals surface area contributed by atoms with Crippen LogP contribution in [0.15, 0.2) is 47.6 Å². The fraction of sp³-hybridized carbons (Fsp3) is 0.692. The van der Waals surface area contributed by atoms with Gasteiger partial charge in [0.25, 0.3) is 0 Å². The summed E-state index contributed by atoms with van der Waals surface area (Å²) >= 11 is 0. The lowest BCUT2D eigenvalue weighted by Crippen LogP contribution is -2.29. The van der Waals surface area contributed by atoms with Crippen molar-refractivity contribution < 1.29 is 47.6 Å². The zero-order valence-corrected chi connectivity index (χ0v) is 29.1. The number of esters is 4. The van der Waals surface area contributed by atoms with E-state index >= 15 is 0 Å². The van der Waals surface area contributed by atoms with Gasteiger partial charge in [-0.25, -0.2) is 9.59 Å². The Morgan fingerprint density at radius 1 is 0.714 bits per heavy atom. The fourth-order valence-electron chi connectivity index (χ4n) is 8.06. The molecule has 268 valence electrons. The quantitative estimate of drug-likeness (QED) is 0.0577. The van der Waals surface area contributed by atoms with Crippen LogP contribution < -0.4 is 0 Å². The highest BCUT2D eigenvalue weighted by atomic mass is 16.7. The standard InChI is InChI=1S/C39H52O10/c1-24-28-18-16-26(12-10-20-38(3)34(48-38)32(28)46-36(24)42)22-44-30(40)14-8-6-5-7-9-15-31(41)45-23-27-13-11-21-39(4)35(49-39)33-29(19-17-27)25(2)37(43)47-33/h12-13,28-29,32-35H,1-2,5-11,14-23H2,3-4H3/b26-12+,27-13+/t28-,29-,32-,33-,34-,35-,38+,39+/m0/s1. The molecule has 0 amide bonds. The molecule has 10 heteroatoms. The predicted octanol–water partition coefficient (Wildman–Crippen LogP) is 6.31. The van der Waals surface area contributed by atoms with Crippen LogP contribution in [0, 0.1) is 11.8 Å². The Morgan fingerprint density at radius 3 is 1.55 bits per heavy atom. The summed E-state index contributed by atoms with van der Waals surface area (Å²) in [4.78, 5) is 49.3. The number of fused-ring (bicyclic) bond motifs is 6. The topological polar surface area (TPSA) is 130 Å². The van der Waals surface area contributed by atoms with Gasteiger partial charge in [-0.1, -0.05) is 44.6 Å². The summed E-state index contributed by atoms with van der Waals surface area (Å²) in [5, 5.41) is 0. The highest BCUT2D eigenvalue weighted by Crippen LogP contribution is 2.51. The third-order valence-corrected chi connectivity index (χ3v) is 11.5. The van der Waals surface area contributed by atoms with Crippen LogP contribution in [0.4, 0.5) is 0 Å². The van der Waals surface area contributed by atoms with Crippen LogP contribution in [-0.4, -0.2) is 72.7 Å². The van der Waals surface area contributed by atoms with Crippen molar-refractivity contribution >= 4 is 23.9 Å². The van der Waals surface area contributed by atoms with Crippen LogP contribution in [0.2, 0.25) is 0 Å². The van der Waals surface area contributed by atoms with Crippen molar-refractivity contribution in [2.24, 2.45) is 11.8 Å². The molecule has 0 aromatic rings. The molecule has 6 aliphatic rings. The van der Waals surface area contributed by atoms with Crippen molar-refractivity contribution in [1.82, 2.24) is 0 Å². The zero-order chi connectivity index (χ0) is 34.8. The minimum absolute atomic E-state index is 0.0743. The SMILES string of the molecule is C=C1C(=O)O[C@H]2[C@H]1CC/C(COC(=O)CCCCCCCC(=O)OC/C1=C/CC[C@@]3(C)O[C@H]3[C@H]3OC(=O)C(=C)[C@@H]3CC1)=C\CC[C@@]1(C)O[C@@H]21. The second-order valence-electron chi connectivity index (χ2n) is 15.2. The Kier molecular flexibility index (Phi) is 10.8. The van der Waals surface area contributed by atoms with Gasteiger partial charge in [-0.05, 0) is 89.2 Å². The zero-order valence-electron chi connectivity index (χ0n) is 29.1. The van der Waals surface area contributed by atoms with Crippen molar-refractivity contribution in [1.29, 1.82) is 0 Å². The number of hydrogen-bond donors (Lipinski definition) is 0. The van der Waals surface area contributed by atoms with E-state index in [-0.39, 0.29) is 84.5 Å². The molecule has 2 aliphatic carbocycles. The molecule has 0 radical (unpaired) electrons. The van der Waals surface area contributed by atoms with Gasteiger partial charge in [0.15, 0.2) is 0 Å². The summed E-state index contributed by atoms with van der Waals surface area (Å²) in [6.45, 7) is 12.6. The first-order chi connectivity index (χ1) is 23.5. The molecule has 49 heavy (non-hydrogen) atoms. The first-order valence-electron chi connectivity index (χ1n) is 18.3. The molecule has 0 N–H and O–H groups in total. The molecule has 4 aliphatic heterocycles. The monoisotopic (exact) mass is 680 g/mol. The van der Waals surface area contributed by atoms with Gasteiger partial charge in [0.1, 0.15) is 37.6 Å². The number of ether oxygens (including phenoxy) is 6. The minimum Gasteiger partial charge on any atom is -0.461 e. The van der Waals surface area contributed by atoms with Crippen LogP contribution in [-0.2, 0) is 47.6 Å². The van der Waals surface area contributed by atoms with E-state index in [1.54, 1.807) is 0 Å². The van der Waals surface area contributed by atoms with E-state index in [0.717, 1.165) is 81.8 Å². The first kappa shape index (κ1) is 35.6. The summed E-state index contributed by atoms with van der Waals surface area (Å²) in [5.41, 5.74) is 2.56. The molecular weight excluding hydrogens is 628 g/mol. The molecule has 10 nitrogen and oxygen atoms in total. The Balaban J connectivity index is 0.829. The number of allylic oxidation sites excluding steroid dienone is 2.